The molecule has 232 valence electrons. The molecule has 0 saturated carbocycles. The quantitative estimate of drug-likeness (QED) is 0.179. The van der Waals surface area contributed by atoms with Crippen LogP contribution >= 0.6 is 0 Å². The van der Waals surface area contributed by atoms with Crippen molar-refractivity contribution in [2.75, 3.05) is 5.01 Å². The summed E-state index contributed by atoms with van der Waals surface area (Å²) in [5.41, 5.74) is 12.8. The van der Waals surface area contributed by atoms with Gasteiger partial charge in [0.2, 0.25) is 0 Å². The Hall–Kier alpha value is -6.00. The van der Waals surface area contributed by atoms with E-state index in [1.807, 2.05) is 42.8 Å². The third kappa shape index (κ3) is 4.68. The summed E-state index contributed by atoms with van der Waals surface area (Å²) in [5.74, 6) is -0.654. The Morgan fingerprint density at radius 3 is 1.15 bits per heavy atom. The second kappa shape index (κ2) is 11.4. The lowest BCUT2D eigenvalue weighted by atomic mass is 9.90. The minimum absolute atomic E-state index is 0.327. The molecule has 7 aromatic rings. The highest BCUT2D eigenvalue weighted by Crippen LogP contribution is 2.46. The highest BCUT2D eigenvalue weighted by atomic mass is 16.2. The standard InChI is InChI=1S/C44H34N2O2/c1-27-15-19-33(20-16-27)41-37-25-35(31-11-7-5-8-12-31)36(32-13-9-6-10-14-32)26-38(37)42(34-21-17-28(2)18-22-34)45(41)46-43(47)39-23-29(3)30(4)24-40(39)44(46)48/h5-26H,1-4H3. The second-order valence-corrected chi connectivity index (χ2v) is 12.8. The molecule has 0 bridgehead atoms. The summed E-state index contributed by atoms with van der Waals surface area (Å²) in [6.45, 7) is 8.08. The fourth-order valence-corrected chi connectivity index (χ4v) is 6.90. The Morgan fingerprint density at radius 1 is 0.396 bits per heavy atom. The summed E-state index contributed by atoms with van der Waals surface area (Å²) >= 11 is 0. The van der Waals surface area contributed by atoms with Crippen molar-refractivity contribution < 1.29 is 9.59 Å². The summed E-state index contributed by atoms with van der Waals surface area (Å²) < 4.78 is 1.89. The predicted molar refractivity (Wildman–Crippen MR) is 196 cm³/mol. The number of benzene rings is 6. The summed E-state index contributed by atoms with van der Waals surface area (Å²) in [7, 11) is 0. The second-order valence-electron chi connectivity index (χ2n) is 12.8. The van der Waals surface area contributed by atoms with Gasteiger partial charge in [0.15, 0.2) is 0 Å². The van der Waals surface area contributed by atoms with E-state index in [1.54, 1.807) is 0 Å². The monoisotopic (exact) mass is 622 g/mol. The number of imide groups is 1. The Balaban J connectivity index is 1.54. The van der Waals surface area contributed by atoms with E-state index in [0.717, 1.165) is 77.8 Å². The molecule has 4 nitrogen and oxygen atoms in total. The van der Waals surface area contributed by atoms with Crippen molar-refractivity contribution in [1.29, 1.82) is 0 Å². The van der Waals surface area contributed by atoms with E-state index < -0.39 is 0 Å². The molecular formula is C44H34N2O2. The molecule has 0 aliphatic carbocycles. The van der Waals surface area contributed by atoms with Crippen LogP contribution in [0.4, 0.5) is 0 Å². The minimum atomic E-state index is -0.327. The lowest BCUT2D eigenvalue weighted by Gasteiger charge is -2.22. The van der Waals surface area contributed by atoms with Gasteiger partial charge in [-0.15, -0.1) is 0 Å². The van der Waals surface area contributed by atoms with Crippen LogP contribution in [0.15, 0.2) is 133 Å². The number of amides is 2. The SMILES string of the molecule is Cc1ccc(-c2c3cc(-c4ccccc4)c(-c4ccccc4)cc3c(-c3ccc(C)cc3)n2N2C(=O)c3cc(C)c(C)cc3C2=O)cc1. The lowest BCUT2D eigenvalue weighted by Crippen LogP contribution is -2.40. The van der Waals surface area contributed by atoms with Gasteiger partial charge < -0.3 is 0 Å². The van der Waals surface area contributed by atoms with E-state index in [-0.39, 0.29) is 11.8 Å². The van der Waals surface area contributed by atoms with Gasteiger partial charge in [-0.05, 0) is 85.3 Å². The molecule has 0 spiro atoms. The van der Waals surface area contributed by atoms with Gasteiger partial charge in [0.1, 0.15) is 0 Å². The highest BCUT2D eigenvalue weighted by molar-refractivity contribution is 6.32. The molecule has 4 heteroatoms. The fourth-order valence-electron chi connectivity index (χ4n) is 6.90. The minimum Gasteiger partial charge on any atom is -0.267 e. The van der Waals surface area contributed by atoms with Crippen LogP contribution in [-0.4, -0.2) is 16.5 Å². The first-order valence-corrected chi connectivity index (χ1v) is 16.3. The van der Waals surface area contributed by atoms with Gasteiger partial charge >= 0.3 is 0 Å². The van der Waals surface area contributed by atoms with Gasteiger partial charge in [-0.25, -0.2) is 4.68 Å². The smallest absolute Gasteiger partial charge is 0.267 e. The maximum atomic E-state index is 14.5. The number of aromatic nitrogens is 1. The highest BCUT2D eigenvalue weighted by Gasteiger charge is 2.40. The Bertz CT molecular complexity index is 2220. The van der Waals surface area contributed by atoms with Crippen molar-refractivity contribution >= 4 is 22.6 Å². The number of aryl methyl sites for hydroxylation is 4. The van der Waals surface area contributed by atoms with E-state index in [2.05, 4.69) is 123 Å². The lowest BCUT2D eigenvalue weighted by molar-refractivity contribution is 0.0888. The molecular weight excluding hydrogens is 588 g/mol. The maximum Gasteiger partial charge on any atom is 0.281 e. The first-order valence-electron chi connectivity index (χ1n) is 16.3. The predicted octanol–water partition coefficient (Wildman–Crippen LogP) is 10.5. The topological polar surface area (TPSA) is 42.3 Å². The number of carbonyl (C=O) groups excluding carboxylic acids is 2. The zero-order valence-electron chi connectivity index (χ0n) is 27.4. The fraction of sp³-hybridized carbons (Fsp3) is 0.0909. The van der Waals surface area contributed by atoms with Gasteiger partial charge in [-0.1, -0.05) is 120 Å². The van der Waals surface area contributed by atoms with Crippen molar-refractivity contribution in [1.82, 2.24) is 4.68 Å². The summed E-state index contributed by atoms with van der Waals surface area (Å²) in [5, 5.41) is 3.27. The largest absolute Gasteiger partial charge is 0.281 e. The van der Waals surface area contributed by atoms with Crippen molar-refractivity contribution in [3.05, 3.63) is 167 Å². The van der Waals surface area contributed by atoms with Gasteiger partial charge in [0.05, 0.1) is 22.5 Å². The van der Waals surface area contributed by atoms with Gasteiger partial charge in [0, 0.05) is 21.9 Å². The maximum absolute atomic E-state index is 14.5. The van der Waals surface area contributed by atoms with Crippen LogP contribution < -0.4 is 5.01 Å². The Kier molecular flexibility index (Phi) is 6.96. The Morgan fingerprint density at radius 2 is 0.771 bits per heavy atom. The third-order valence-corrected chi connectivity index (χ3v) is 9.59. The summed E-state index contributed by atoms with van der Waals surface area (Å²) in [6, 6.07) is 45.6. The molecule has 1 aliphatic rings. The number of hydrogen-bond acceptors (Lipinski definition) is 2. The van der Waals surface area contributed by atoms with Crippen LogP contribution in [0.3, 0.4) is 0 Å². The first kappa shape index (κ1) is 29.4. The van der Waals surface area contributed by atoms with E-state index in [4.69, 9.17) is 0 Å². The van der Waals surface area contributed by atoms with Crippen LogP contribution in [-0.2, 0) is 0 Å². The zero-order valence-corrected chi connectivity index (χ0v) is 27.4. The molecule has 0 N–H and O–H groups in total. The molecule has 2 heterocycles. The van der Waals surface area contributed by atoms with Gasteiger partial charge in [0.25, 0.3) is 11.8 Å². The zero-order chi connectivity index (χ0) is 33.1. The number of fused-ring (bicyclic) bond motifs is 2. The molecule has 1 aromatic heterocycles. The van der Waals surface area contributed by atoms with E-state index in [1.165, 1.54) is 5.01 Å². The van der Waals surface area contributed by atoms with Gasteiger partial charge in [-0.2, -0.15) is 5.01 Å². The van der Waals surface area contributed by atoms with Crippen molar-refractivity contribution in [2.24, 2.45) is 0 Å². The molecule has 2 amide bonds. The molecule has 8 rings (SSSR count). The molecule has 6 aromatic carbocycles. The number of carbonyl (C=O) groups is 2. The van der Waals surface area contributed by atoms with E-state index >= 15 is 0 Å². The van der Waals surface area contributed by atoms with Crippen molar-refractivity contribution in [3.63, 3.8) is 0 Å². The van der Waals surface area contributed by atoms with E-state index in [0.29, 0.717) is 11.1 Å². The number of hydrogen-bond donors (Lipinski definition) is 0. The first-order chi connectivity index (χ1) is 23.3. The summed E-state index contributed by atoms with van der Waals surface area (Å²) in [4.78, 5) is 29.0. The number of rotatable bonds is 5. The molecule has 48 heavy (non-hydrogen) atoms. The van der Waals surface area contributed by atoms with Crippen LogP contribution in [0.2, 0.25) is 0 Å². The molecule has 0 radical (unpaired) electrons. The molecule has 0 unspecified atom stereocenters. The number of nitrogens with zero attached hydrogens (tertiary/aromatic N) is 2. The van der Waals surface area contributed by atoms with Crippen LogP contribution in [0.25, 0.3) is 55.5 Å². The van der Waals surface area contributed by atoms with Crippen LogP contribution in [0.1, 0.15) is 43.0 Å². The third-order valence-electron chi connectivity index (χ3n) is 9.59. The normalized spacial score (nSPS) is 12.6. The summed E-state index contributed by atoms with van der Waals surface area (Å²) in [6.07, 6.45) is 0. The Labute approximate surface area is 280 Å². The molecule has 1 aliphatic heterocycles. The van der Waals surface area contributed by atoms with Crippen LogP contribution in [0.5, 0.6) is 0 Å². The average molecular weight is 623 g/mol. The average Bonchev–Trinajstić information content (AvgIpc) is 3.55. The van der Waals surface area contributed by atoms with E-state index in [9.17, 15) is 9.59 Å². The molecule has 0 saturated heterocycles. The van der Waals surface area contributed by atoms with Crippen molar-refractivity contribution in [2.45, 2.75) is 27.7 Å². The molecule has 0 atom stereocenters. The van der Waals surface area contributed by atoms with Gasteiger partial charge in [-0.3, -0.25) is 9.59 Å². The van der Waals surface area contributed by atoms with Crippen LogP contribution in [0, 0.1) is 27.7 Å². The molecule has 0 fully saturated rings. The van der Waals surface area contributed by atoms with Crippen molar-refractivity contribution in [3.8, 4) is 44.8 Å².